The first-order valence-electron chi connectivity index (χ1n) is 10.9. The lowest BCUT2D eigenvalue weighted by atomic mass is 10.0. The molecule has 6 nitrogen and oxygen atoms in total. The number of carbonyl (C=O) groups is 1. The zero-order valence-electron chi connectivity index (χ0n) is 18.6. The lowest BCUT2D eigenvalue weighted by Crippen LogP contribution is -2.33. The molecule has 1 aliphatic rings. The Labute approximate surface area is 185 Å². The van der Waals surface area contributed by atoms with Crippen LogP contribution in [0.4, 0.5) is 5.69 Å². The van der Waals surface area contributed by atoms with Gasteiger partial charge in [0.05, 0.1) is 24.6 Å². The molecule has 168 valence electrons. The summed E-state index contributed by atoms with van der Waals surface area (Å²) in [6, 6.07) is 13.4. The van der Waals surface area contributed by atoms with E-state index in [9.17, 15) is 13.2 Å². The summed E-state index contributed by atoms with van der Waals surface area (Å²) in [5, 5.41) is 3.04. The molecule has 0 radical (unpaired) electrons. The van der Waals surface area contributed by atoms with Crippen molar-refractivity contribution in [1.29, 1.82) is 0 Å². The third-order valence-corrected chi connectivity index (χ3v) is 6.78. The second kappa shape index (κ2) is 10.2. The van der Waals surface area contributed by atoms with Crippen LogP contribution in [-0.2, 0) is 27.7 Å². The standard InChI is InChI=1S/C24H32N2O4S/c1-4-30-23-12-6-5-11-22(23)26(31(3,28)29)16-8-13-24(27)25-18(2)20-15-14-19-9-7-10-21(19)17-20/h5-6,11-12,14-15,17-18H,4,7-10,13,16H2,1-3H3,(H,25,27)/t18-/m1/s1. The maximum atomic E-state index is 12.5. The van der Waals surface area contributed by atoms with Gasteiger partial charge in [0, 0.05) is 13.0 Å². The number of anilines is 1. The number of para-hydroxylation sites is 2. The minimum absolute atomic E-state index is 0.0805. The van der Waals surface area contributed by atoms with Gasteiger partial charge in [0.15, 0.2) is 0 Å². The molecule has 3 rings (SSSR count). The molecule has 1 N–H and O–H groups in total. The highest BCUT2D eigenvalue weighted by molar-refractivity contribution is 7.92. The number of nitrogens with one attached hydrogen (secondary N) is 1. The number of benzene rings is 2. The van der Waals surface area contributed by atoms with Crippen molar-refractivity contribution in [3.63, 3.8) is 0 Å². The van der Waals surface area contributed by atoms with Crippen molar-refractivity contribution in [2.75, 3.05) is 23.7 Å². The highest BCUT2D eigenvalue weighted by Crippen LogP contribution is 2.30. The lowest BCUT2D eigenvalue weighted by molar-refractivity contribution is -0.121. The normalized spacial score (nSPS) is 14.0. The molecular formula is C24H32N2O4S. The monoisotopic (exact) mass is 444 g/mol. The van der Waals surface area contributed by atoms with Gasteiger partial charge in [-0.1, -0.05) is 30.3 Å². The number of hydrogen-bond acceptors (Lipinski definition) is 4. The number of aryl methyl sites for hydroxylation is 2. The number of hydrogen-bond donors (Lipinski definition) is 1. The van der Waals surface area contributed by atoms with Crippen molar-refractivity contribution in [1.82, 2.24) is 5.32 Å². The molecule has 0 aliphatic heterocycles. The molecule has 2 aromatic carbocycles. The largest absolute Gasteiger partial charge is 0.492 e. The number of sulfonamides is 1. The molecule has 2 aromatic rings. The van der Waals surface area contributed by atoms with Crippen LogP contribution in [0.3, 0.4) is 0 Å². The molecule has 0 fully saturated rings. The van der Waals surface area contributed by atoms with Gasteiger partial charge in [-0.2, -0.15) is 0 Å². The number of amides is 1. The van der Waals surface area contributed by atoms with E-state index in [1.165, 1.54) is 28.1 Å². The van der Waals surface area contributed by atoms with E-state index < -0.39 is 10.0 Å². The van der Waals surface area contributed by atoms with Crippen molar-refractivity contribution in [2.45, 2.75) is 52.0 Å². The van der Waals surface area contributed by atoms with Crippen LogP contribution >= 0.6 is 0 Å². The van der Waals surface area contributed by atoms with Crippen molar-refractivity contribution >= 4 is 21.6 Å². The predicted octanol–water partition coefficient (Wildman–Crippen LogP) is 4.00. The number of rotatable bonds is 10. The second-order valence-corrected chi connectivity index (χ2v) is 9.92. The first kappa shape index (κ1) is 23.1. The Kier molecular flexibility index (Phi) is 7.59. The van der Waals surface area contributed by atoms with Crippen molar-refractivity contribution in [2.24, 2.45) is 0 Å². The summed E-state index contributed by atoms with van der Waals surface area (Å²) in [5.74, 6) is 0.435. The Balaban J connectivity index is 1.59. The molecule has 0 saturated heterocycles. The average Bonchev–Trinajstić information content (AvgIpc) is 3.19. The third-order valence-electron chi connectivity index (χ3n) is 5.60. The van der Waals surface area contributed by atoms with Gasteiger partial charge in [-0.05, 0) is 68.4 Å². The van der Waals surface area contributed by atoms with Crippen LogP contribution in [0.2, 0.25) is 0 Å². The SMILES string of the molecule is CCOc1ccccc1N(CCCC(=O)N[C@H](C)c1ccc2c(c1)CCC2)S(C)(=O)=O. The minimum Gasteiger partial charge on any atom is -0.492 e. The topological polar surface area (TPSA) is 75.7 Å². The van der Waals surface area contributed by atoms with Crippen molar-refractivity contribution < 1.29 is 17.9 Å². The number of ether oxygens (including phenoxy) is 1. The molecule has 0 saturated carbocycles. The first-order chi connectivity index (χ1) is 14.8. The second-order valence-electron chi connectivity index (χ2n) is 8.01. The Morgan fingerprint density at radius 2 is 1.90 bits per heavy atom. The van der Waals surface area contributed by atoms with E-state index in [4.69, 9.17) is 4.74 Å². The van der Waals surface area contributed by atoms with E-state index in [2.05, 4.69) is 23.5 Å². The minimum atomic E-state index is -3.51. The van der Waals surface area contributed by atoms with Gasteiger partial charge in [0.25, 0.3) is 0 Å². The Bertz CT molecular complexity index is 1020. The molecule has 31 heavy (non-hydrogen) atoms. The van der Waals surface area contributed by atoms with Crippen molar-refractivity contribution in [3.05, 3.63) is 59.2 Å². The molecule has 1 amide bonds. The molecule has 7 heteroatoms. The van der Waals surface area contributed by atoms with Gasteiger partial charge < -0.3 is 10.1 Å². The molecule has 0 aromatic heterocycles. The smallest absolute Gasteiger partial charge is 0.232 e. The maximum absolute atomic E-state index is 12.5. The van der Waals surface area contributed by atoms with E-state index in [0.29, 0.717) is 24.5 Å². The summed E-state index contributed by atoms with van der Waals surface area (Å²) < 4.78 is 31.7. The number of carbonyl (C=O) groups excluding carboxylic acids is 1. The lowest BCUT2D eigenvalue weighted by Gasteiger charge is -2.24. The third kappa shape index (κ3) is 6.00. The molecule has 0 heterocycles. The molecule has 0 unspecified atom stereocenters. The van der Waals surface area contributed by atoms with Crippen LogP contribution in [0.5, 0.6) is 5.75 Å². The average molecular weight is 445 g/mol. The molecule has 1 atom stereocenters. The fraction of sp³-hybridized carbons (Fsp3) is 0.458. The summed E-state index contributed by atoms with van der Waals surface area (Å²) in [5.41, 5.74) is 4.40. The van der Waals surface area contributed by atoms with E-state index >= 15 is 0 Å². The van der Waals surface area contributed by atoms with Gasteiger partial charge >= 0.3 is 0 Å². The Morgan fingerprint density at radius 3 is 2.65 bits per heavy atom. The maximum Gasteiger partial charge on any atom is 0.232 e. The van der Waals surface area contributed by atoms with E-state index in [0.717, 1.165) is 18.4 Å². The Hall–Kier alpha value is -2.54. The van der Waals surface area contributed by atoms with Gasteiger partial charge in [0.2, 0.25) is 15.9 Å². The highest BCUT2D eigenvalue weighted by Gasteiger charge is 2.21. The van der Waals surface area contributed by atoms with Gasteiger partial charge in [0.1, 0.15) is 5.75 Å². The van der Waals surface area contributed by atoms with E-state index in [-0.39, 0.29) is 24.9 Å². The van der Waals surface area contributed by atoms with E-state index in [1.54, 1.807) is 18.2 Å². The van der Waals surface area contributed by atoms with Crippen LogP contribution in [-0.4, -0.2) is 33.7 Å². The van der Waals surface area contributed by atoms with E-state index in [1.807, 2.05) is 19.9 Å². The van der Waals surface area contributed by atoms with Crippen LogP contribution in [0.1, 0.15) is 55.8 Å². The summed E-state index contributed by atoms with van der Waals surface area (Å²) in [4.78, 5) is 12.5. The quantitative estimate of drug-likeness (QED) is 0.601. The van der Waals surface area contributed by atoms with Gasteiger partial charge in [-0.3, -0.25) is 9.10 Å². The molecule has 0 spiro atoms. The highest BCUT2D eigenvalue weighted by atomic mass is 32.2. The van der Waals surface area contributed by atoms with Gasteiger partial charge in [-0.25, -0.2) is 8.42 Å². The number of fused-ring (bicyclic) bond motifs is 1. The zero-order valence-corrected chi connectivity index (χ0v) is 19.4. The molecule has 1 aliphatic carbocycles. The summed E-state index contributed by atoms with van der Waals surface area (Å²) >= 11 is 0. The fourth-order valence-corrected chi connectivity index (χ4v) is 5.02. The van der Waals surface area contributed by atoms with Gasteiger partial charge in [-0.15, -0.1) is 0 Å². The summed E-state index contributed by atoms with van der Waals surface area (Å²) in [6.07, 6.45) is 5.27. The van der Waals surface area contributed by atoms with Crippen molar-refractivity contribution in [3.8, 4) is 5.75 Å². The summed E-state index contributed by atoms with van der Waals surface area (Å²) in [6.45, 7) is 4.49. The van der Waals surface area contributed by atoms with Crippen LogP contribution in [0.15, 0.2) is 42.5 Å². The first-order valence-corrected chi connectivity index (χ1v) is 12.7. The zero-order chi connectivity index (χ0) is 22.4. The Morgan fingerprint density at radius 1 is 1.16 bits per heavy atom. The molecular weight excluding hydrogens is 412 g/mol. The van der Waals surface area contributed by atoms with Crippen LogP contribution in [0, 0.1) is 0 Å². The van der Waals surface area contributed by atoms with Crippen LogP contribution in [0.25, 0.3) is 0 Å². The fourth-order valence-electron chi connectivity index (χ4n) is 4.05. The predicted molar refractivity (Wildman–Crippen MR) is 124 cm³/mol. The molecule has 0 bridgehead atoms. The van der Waals surface area contributed by atoms with Crippen LogP contribution < -0.4 is 14.4 Å². The summed E-state index contributed by atoms with van der Waals surface area (Å²) in [7, 11) is -3.51. The number of nitrogens with zero attached hydrogens (tertiary/aromatic N) is 1.